The first-order valence-corrected chi connectivity index (χ1v) is 7.00. The molecule has 94 valence electrons. The van der Waals surface area contributed by atoms with Crippen LogP contribution in [0.3, 0.4) is 0 Å². The third-order valence-electron chi connectivity index (χ3n) is 3.67. The number of aryl methyl sites for hydroxylation is 2. The molecule has 2 aromatic carbocycles. The monoisotopic (exact) mass is 238 g/mol. The lowest BCUT2D eigenvalue weighted by molar-refractivity contribution is 1.02. The van der Waals surface area contributed by atoms with Gasteiger partial charge in [-0.1, -0.05) is 63.2 Å². The summed E-state index contributed by atoms with van der Waals surface area (Å²) in [7, 11) is 0. The first kappa shape index (κ1) is 12.9. The Kier molecular flexibility index (Phi) is 4.19. The van der Waals surface area contributed by atoms with Crippen molar-refractivity contribution < 1.29 is 0 Å². The molecule has 0 heterocycles. The van der Waals surface area contributed by atoms with Crippen LogP contribution in [0.15, 0.2) is 42.5 Å². The van der Waals surface area contributed by atoms with E-state index in [0.29, 0.717) is 0 Å². The van der Waals surface area contributed by atoms with Crippen molar-refractivity contribution in [3.8, 4) is 11.1 Å². The summed E-state index contributed by atoms with van der Waals surface area (Å²) in [5, 5.41) is 0. The third-order valence-corrected chi connectivity index (χ3v) is 3.67. The maximum absolute atomic E-state index is 2.31. The van der Waals surface area contributed by atoms with Crippen LogP contribution in [0.5, 0.6) is 0 Å². The second kappa shape index (κ2) is 5.86. The molecule has 0 saturated carbocycles. The van der Waals surface area contributed by atoms with Crippen LogP contribution in [0.25, 0.3) is 11.1 Å². The highest BCUT2D eigenvalue weighted by Gasteiger charge is 2.11. The van der Waals surface area contributed by atoms with Gasteiger partial charge in [-0.3, -0.25) is 0 Å². The minimum absolute atomic E-state index is 1.10. The summed E-state index contributed by atoms with van der Waals surface area (Å²) in [6, 6.07) is 15.4. The fourth-order valence-electron chi connectivity index (χ4n) is 2.73. The highest BCUT2D eigenvalue weighted by molar-refractivity contribution is 5.72. The molecule has 0 aliphatic rings. The first-order valence-electron chi connectivity index (χ1n) is 7.00. The predicted molar refractivity (Wildman–Crippen MR) is 80.0 cm³/mol. The van der Waals surface area contributed by atoms with E-state index in [0.717, 1.165) is 19.3 Å². The van der Waals surface area contributed by atoms with Gasteiger partial charge in [-0.05, 0) is 47.1 Å². The molecule has 0 amide bonds. The molecule has 0 heteroatoms. The van der Waals surface area contributed by atoms with Crippen molar-refractivity contribution in [2.45, 2.75) is 40.0 Å². The Morgan fingerprint density at radius 1 is 0.667 bits per heavy atom. The summed E-state index contributed by atoms with van der Waals surface area (Å²) in [5.41, 5.74) is 7.33. The Bertz CT molecular complexity index is 509. The van der Waals surface area contributed by atoms with Crippen LogP contribution in [-0.4, -0.2) is 0 Å². The van der Waals surface area contributed by atoms with Gasteiger partial charge in [0.2, 0.25) is 0 Å². The molecule has 0 unspecified atom stereocenters. The summed E-state index contributed by atoms with van der Waals surface area (Å²) < 4.78 is 0. The van der Waals surface area contributed by atoms with E-state index < -0.39 is 0 Å². The zero-order valence-electron chi connectivity index (χ0n) is 11.7. The largest absolute Gasteiger partial charge is 0.0622 e. The molecule has 0 spiro atoms. The highest BCUT2D eigenvalue weighted by Crippen LogP contribution is 2.31. The molecule has 0 bridgehead atoms. The second-order valence-electron chi connectivity index (χ2n) is 4.66. The van der Waals surface area contributed by atoms with E-state index in [1.54, 1.807) is 0 Å². The molecule has 0 radical (unpaired) electrons. The molecule has 0 atom stereocenters. The van der Waals surface area contributed by atoms with Gasteiger partial charge in [-0.15, -0.1) is 0 Å². The lowest BCUT2D eigenvalue weighted by Gasteiger charge is -2.17. The molecule has 0 fully saturated rings. The number of rotatable bonds is 4. The van der Waals surface area contributed by atoms with Crippen molar-refractivity contribution in [2.75, 3.05) is 0 Å². The molecule has 0 aromatic heterocycles. The average molecular weight is 238 g/mol. The third kappa shape index (κ3) is 2.33. The van der Waals surface area contributed by atoms with Crippen molar-refractivity contribution in [1.29, 1.82) is 0 Å². The molecule has 0 N–H and O–H groups in total. The molecule has 2 aromatic rings. The minimum atomic E-state index is 1.10. The lowest BCUT2D eigenvalue weighted by Crippen LogP contribution is -1.99. The van der Waals surface area contributed by atoms with Gasteiger partial charge in [0.05, 0.1) is 0 Å². The molecule has 0 aliphatic carbocycles. The lowest BCUT2D eigenvalue weighted by atomic mass is 9.88. The molecule has 0 aliphatic heterocycles. The van der Waals surface area contributed by atoms with Gasteiger partial charge in [-0.2, -0.15) is 0 Å². The zero-order chi connectivity index (χ0) is 13.0. The Balaban J connectivity index is 2.69. The summed E-state index contributed by atoms with van der Waals surface area (Å²) in [6.07, 6.45) is 3.33. The Morgan fingerprint density at radius 3 is 1.83 bits per heavy atom. The Hall–Kier alpha value is -1.56. The summed E-state index contributed by atoms with van der Waals surface area (Å²) in [6.45, 7) is 6.75. The van der Waals surface area contributed by atoms with Crippen molar-refractivity contribution in [1.82, 2.24) is 0 Å². The van der Waals surface area contributed by atoms with Crippen molar-refractivity contribution >= 4 is 0 Å². The quantitative estimate of drug-likeness (QED) is 0.700. The summed E-state index contributed by atoms with van der Waals surface area (Å²) >= 11 is 0. The van der Waals surface area contributed by atoms with Gasteiger partial charge < -0.3 is 0 Å². The summed E-state index contributed by atoms with van der Waals surface area (Å²) in [5.74, 6) is 0. The summed E-state index contributed by atoms with van der Waals surface area (Å²) in [4.78, 5) is 0. The van der Waals surface area contributed by atoms with E-state index in [4.69, 9.17) is 0 Å². The van der Waals surface area contributed by atoms with Gasteiger partial charge >= 0.3 is 0 Å². The topological polar surface area (TPSA) is 0 Å². The van der Waals surface area contributed by atoms with Crippen LogP contribution >= 0.6 is 0 Å². The van der Waals surface area contributed by atoms with Gasteiger partial charge in [-0.25, -0.2) is 0 Å². The van der Waals surface area contributed by atoms with Crippen molar-refractivity contribution in [3.05, 3.63) is 59.2 Å². The van der Waals surface area contributed by atoms with Crippen molar-refractivity contribution in [3.63, 3.8) is 0 Å². The molecule has 18 heavy (non-hydrogen) atoms. The fourth-order valence-corrected chi connectivity index (χ4v) is 2.73. The van der Waals surface area contributed by atoms with E-state index in [9.17, 15) is 0 Å². The van der Waals surface area contributed by atoms with E-state index in [-0.39, 0.29) is 0 Å². The number of benzene rings is 2. The molecule has 0 saturated heterocycles. The van der Waals surface area contributed by atoms with Gasteiger partial charge in [0.25, 0.3) is 0 Å². The smallest absolute Gasteiger partial charge is 0.0117 e. The fraction of sp³-hybridized carbons (Fsp3) is 0.333. The average Bonchev–Trinajstić information content (AvgIpc) is 2.46. The van der Waals surface area contributed by atoms with Crippen LogP contribution in [0.1, 0.15) is 37.5 Å². The van der Waals surface area contributed by atoms with Crippen LogP contribution in [-0.2, 0) is 19.3 Å². The van der Waals surface area contributed by atoms with Crippen LogP contribution in [0, 0.1) is 0 Å². The molecule has 2 rings (SSSR count). The Labute approximate surface area is 111 Å². The predicted octanol–water partition coefficient (Wildman–Crippen LogP) is 5.04. The normalized spacial score (nSPS) is 10.6. The van der Waals surface area contributed by atoms with E-state index in [2.05, 4.69) is 63.2 Å². The second-order valence-corrected chi connectivity index (χ2v) is 4.66. The van der Waals surface area contributed by atoms with Crippen LogP contribution in [0.4, 0.5) is 0 Å². The van der Waals surface area contributed by atoms with E-state index in [1.807, 2.05) is 0 Å². The van der Waals surface area contributed by atoms with Crippen LogP contribution in [0.2, 0.25) is 0 Å². The zero-order valence-corrected chi connectivity index (χ0v) is 11.7. The van der Waals surface area contributed by atoms with Gasteiger partial charge in [0, 0.05) is 0 Å². The first-order chi connectivity index (χ1) is 8.81. The maximum Gasteiger partial charge on any atom is -0.0117 e. The minimum Gasteiger partial charge on any atom is -0.0622 e. The SMILES string of the molecule is CCc1ccc(CC)c(-c2ccccc2)c1CC. The van der Waals surface area contributed by atoms with E-state index in [1.165, 1.54) is 27.8 Å². The van der Waals surface area contributed by atoms with Crippen LogP contribution < -0.4 is 0 Å². The molecular formula is C18H22. The standard InChI is InChI=1S/C18H22/c1-4-14-12-13-15(5-2)18(17(14)6-3)16-10-8-7-9-11-16/h7-13H,4-6H2,1-3H3. The van der Waals surface area contributed by atoms with Gasteiger partial charge in [0.1, 0.15) is 0 Å². The number of hydrogen-bond donors (Lipinski definition) is 0. The molecular weight excluding hydrogens is 216 g/mol. The van der Waals surface area contributed by atoms with Crippen molar-refractivity contribution in [2.24, 2.45) is 0 Å². The Morgan fingerprint density at radius 2 is 1.28 bits per heavy atom. The van der Waals surface area contributed by atoms with E-state index >= 15 is 0 Å². The molecule has 0 nitrogen and oxygen atoms in total. The highest BCUT2D eigenvalue weighted by atomic mass is 14.2. The number of hydrogen-bond acceptors (Lipinski definition) is 0. The maximum atomic E-state index is 2.31. The van der Waals surface area contributed by atoms with Gasteiger partial charge in [0.15, 0.2) is 0 Å².